The number of hydrogen-bond acceptors (Lipinski definition) is 3. The largest absolute Gasteiger partial charge is 0.478 e. The summed E-state index contributed by atoms with van der Waals surface area (Å²) in [6.07, 6.45) is 1.66. The third kappa shape index (κ3) is 3.59. The summed E-state index contributed by atoms with van der Waals surface area (Å²) in [6.45, 7) is 4.52. The van der Waals surface area contributed by atoms with Crippen LogP contribution in [0.3, 0.4) is 0 Å². The molecule has 2 aromatic rings. The van der Waals surface area contributed by atoms with Crippen molar-refractivity contribution in [1.29, 1.82) is 0 Å². The maximum Gasteiger partial charge on any atom is 0.335 e. The lowest BCUT2D eigenvalue weighted by Gasteiger charge is -2.08. The molecule has 0 bridgehead atoms. The highest BCUT2D eigenvalue weighted by Crippen LogP contribution is 2.15. The molecule has 1 heterocycles. The van der Waals surface area contributed by atoms with E-state index in [0.717, 1.165) is 29.8 Å². The van der Waals surface area contributed by atoms with Gasteiger partial charge in [0.1, 0.15) is 0 Å². The average Bonchev–Trinajstić information content (AvgIpc) is 2.87. The number of aryl methyl sites for hydroxylation is 2. The topological polar surface area (TPSA) is 84.2 Å². The summed E-state index contributed by atoms with van der Waals surface area (Å²) in [7, 11) is 1.91. The van der Waals surface area contributed by atoms with Crippen LogP contribution >= 0.6 is 0 Å². The maximum atomic E-state index is 12.2. The van der Waals surface area contributed by atoms with Crippen molar-refractivity contribution in [3.63, 3.8) is 0 Å². The van der Waals surface area contributed by atoms with E-state index in [9.17, 15) is 9.59 Å². The molecule has 0 radical (unpaired) electrons. The molecule has 0 saturated heterocycles. The smallest absolute Gasteiger partial charge is 0.335 e. The fourth-order valence-electron chi connectivity index (χ4n) is 2.63. The summed E-state index contributed by atoms with van der Waals surface area (Å²) in [4.78, 5) is 23.0. The minimum absolute atomic E-state index is 0.162. The molecule has 1 aromatic heterocycles. The molecular formula is C17H21N3O3. The first-order valence-electron chi connectivity index (χ1n) is 7.63. The van der Waals surface area contributed by atoms with E-state index in [4.69, 9.17) is 5.11 Å². The standard InChI is InChI=1S/C17H21N3O3/c1-4-14-13(15(5-2)20(3)19-14)10-18-16(21)11-6-8-12(9-7-11)17(22)23/h6-9H,4-5,10H2,1-3H3,(H,18,21)(H,22,23). The van der Waals surface area contributed by atoms with E-state index in [2.05, 4.69) is 17.3 Å². The molecular weight excluding hydrogens is 294 g/mol. The Balaban J connectivity index is 2.11. The van der Waals surface area contributed by atoms with E-state index in [1.807, 2.05) is 18.7 Å². The van der Waals surface area contributed by atoms with E-state index in [0.29, 0.717) is 12.1 Å². The van der Waals surface area contributed by atoms with Crippen LogP contribution < -0.4 is 5.32 Å². The van der Waals surface area contributed by atoms with Crippen LogP contribution in [0.1, 0.15) is 51.5 Å². The number of amides is 1. The first-order chi connectivity index (χ1) is 11.0. The number of carbonyl (C=O) groups excluding carboxylic acids is 1. The second-order valence-corrected chi connectivity index (χ2v) is 5.27. The third-order valence-corrected chi connectivity index (χ3v) is 3.85. The van der Waals surface area contributed by atoms with Gasteiger partial charge in [-0.05, 0) is 37.1 Å². The molecule has 1 amide bonds. The van der Waals surface area contributed by atoms with Gasteiger partial charge in [-0.15, -0.1) is 0 Å². The first kappa shape index (κ1) is 16.7. The summed E-state index contributed by atoms with van der Waals surface area (Å²) in [5.41, 5.74) is 3.77. The highest BCUT2D eigenvalue weighted by atomic mass is 16.4. The van der Waals surface area contributed by atoms with Gasteiger partial charge in [0.15, 0.2) is 0 Å². The Morgan fingerprint density at radius 3 is 2.26 bits per heavy atom. The molecule has 0 unspecified atom stereocenters. The molecule has 2 rings (SSSR count). The number of rotatable bonds is 6. The van der Waals surface area contributed by atoms with Crippen LogP contribution in [0.15, 0.2) is 24.3 Å². The Morgan fingerprint density at radius 1 is 1.13 bits per heavy atom. The zero-order valence-electron chi connectivity index (χ0n) is 13.6. The normalized spacial score (nSPS) is 10.6. The molecule has 0 aliphatic heterocycles. The quantitative estimate of drug-likeness (QED) is 0.855. The summed E-state index contributed by atoms with van der Waals surface area (Å²) in [6, 6.07) is 5.89. The van der Waals surface area contributed by atoms with Crippen molar-refractivity contribution in [1.82, 2.24) is 15.1 Å². The highest BCUT2D eigenvalue weighted by molar-refractivity contribution is 5.95. The molecule has 2 N–H and O–H groups in total. The van der Waals surface area contributed by atoms with Gasteiger partial charge in [-0.3, -0.25) is 9.48 Å². The third-order valence-electron chi connectivity index (χ3n) is 3.85. The Labute approximate surface area is 135 Å². The minimum atomic E-state index is -1.01. The second-order valence-electron chi connectivity index (χ2n) is 5.27. The molecule has 0 saturated carbocycles. The van der Waals surface area contributed by atoms with Crippen molar-refractivity contribution in [2.24, 2.45) is 7.05 Å². The Bertz CT molecular complexity index is 717. The molecule has 6 nitrogen and oxygen atoms in total. The first-order valence-corrected chi connectivity index (χ1v) is 7.63. The minimum Gasteiger partial charge on any atom is -0.478 e. The van der Waals surface area contributed by atoms with E-state index in [-0.39, 0.29) is 11.5 Å². The van der Waals surface area contributed by atoms with E-state index < -0.39 is 5.97 Å². The van der Waals surface area contributed by atoms with Crippen molar-refractivity contribution >= 4 is 11.9 Å². The predicted molar refractivity (Wildman–Crippen MR) is 86.5 cm³/mol. The van der Waals surface area contributed by atoms with Crippen molar-refractivity contribution in [2.75, 3.05) is 0 Å². The highest BCUT2D eigenvalue weighted by Gasteiger charge is 2.15. The molecule has 6 heteroatoms. The molecule has 0 aliphatic carbocycles. The van der Waals surface area contributed by atoms with Crippen LogP contribution in [-0.4, -0.2) is 26.8 Å². The number of benzene rings is 1. The molecule has 122 valence electrons. The Kier molecular flexibility index (Phi) is 5.16. The summed E-state index contributed by atoms with van der Waals surface area (Å²) < 4.78 is 1.86. The summed E-state index contributed by atoms with van der Waals surface area (Å²) >= 11 is 0. The van der Waals surface area contributed by atoms with Gasteiger partial charge < -0.3 is 10.4 Å². The van der Waals surface area contributed by atoms with E-state index >= 15 is 0 Å². The maximum absolute atomic E-state index is 12.2. The molecule has 0 aliphatic rings. The van der Waals surface area contributed by atoms with Crippen LogP contribution in [0.5, 0.6) is 0 Å². The monoisotopic (exact) mass is 315 g/mol. The Hall–Kier alpha value is -2.63. The molecule has 0 atom stereocenters. The molecule has 23 heavy (non-hydrogen) atoms. The van der Waals surface area contributed by atoms with Crippen LogP contribution in [0.25, 0.3) is 0 Å². The number of aromatic nitrogens is 2. The zero-order chi connectivity index (χ0) is 17.0. The van der Waals surface area contributed by atoms with Crippen LogP contribution in [-0.2, 0) is 26.4 Å². The second kappa shape index (κ2) is 7.09. The van der Waals surface area contributed by atoms with Gasteiger partial charge in [-0.2, -0.15) is 5.10 Å². The fraction of sp³-hybridized carbons (Fsp3) is 0.353. The number of nitrogens with zero attached hydrogens (tertiary/aromatic N) is 2. The van der Waals surface area contributed by atoms with Gasteiger partial charge in [0.2, 0.25) is 0 Å². The lowest BCUT2D eigenvalue weighted by Crippen LogP contribution is -2.23. The number of hydrogen-bond donors (Lipinski definition) is 2. The van der Waals surface area contributed by atoms with Crippen LogP contribution in [0, 0.1) is 0 Å². The summed E-state index contributed by atoms with van der Waals surface area (Å²) in [5.74, 6) is -1.23. The van der Waals surface area contributed by atoms with E-state index in [1.165, 1.54) is 24.3 Å². The van der Waals surface area contributed by atoms with Crippen molar-refractivity contribution < 1.29 is 14.7 Å². The molecule has 0 fully saturated rings. The van der Waals surface area contributed by atoms with Crippen molar-refractivity contribution in [3.8, 4) is 0 Å². The van der Waals surface area contributed by atoms with Gasteiger partial charge in [0.05, 0.1) is 11.3 Å². The number of aromatic carboxylic acids is 1. The summed E-state index contributed by atoms with van der Waals surface area (Å²) in [5, 5.41) is 16.2. The van der Waals surface area contributed by atoms with Crippen LogP contribution in [0.4, 0.5) is 0 Å². The van der Waals surface area contributed by atoms with Gasteiger partial charge in [0, 0.05) is 30.4 Å². The van der Waals surface area contributed by atoms with Crippen molar-refractivity contribution in [2.45, 2.75) is 33.2 Å². The average molecular weight is 315 g/mol. The van der Waals surface area contributed by atoms with Gasteiger partial charge >= 0.3 is 5.97 Å². The van der Waals surface area contributed by atoms with Gasteiger partial charge in [-0.25, -0.2) is 4.79 Å². The van der Waals surface area contributed by atoms with Crippen LogP contribution in [0.2, 0.25) is 0 Å². The number of carbonyl (C=O) groups is 2. The number of carboxylic acid groups (broad SMARTS) is 1. The number of carboxylic acids is 1. The predicted octanol–water partition coefficient (Wildman–Crippen LogP) is 2.17. The number of nitrogens with one attached hydrogen (secondary N) is 1. The zero-order valence-corrected chi connectivity index (χ0v) is 13.6. The van der Waals surface area contributed by atoms with E-state index in [1.54, 1.807) is 0 Å². The molecule has 1 aromatic carbocycles. The molecule has 0 spiro atoms. The van der Waals surface area contributed by atoms with Gasteiger partial charge in [-0.1, -0.05) is 13.8 Å². The lowest BCUT2D eigenvalue weighted by atomic mass is 10.1. The van der Waals surface area contributed by atoms with Gasteiger partial charge in [0.25, 0.3) is 5.91 Å². The Morgan fingerprint density at radius 2 is 1.74 bits per heavy atom. The lowest BCUT2D eigenvalue weighted by molar-refractivity contribution is 0.0696. The fourth-order valence-corrected chi connectivity index (χ4v) is 2.63. The SMILES string of the molecule is CCc1nn(C)c(CC)c1CNC(=O)c1ccc(C(=O)O)cc1. The van der Waals surface area contributed by atoms with Crippen molar-refractivity contribution in [3.05, 3.63) is 52.3 Å².